The van der Waals surface area contributed by atoms with Crippen LogP contribution in [0, 0.1) is 6.92 Å². The minimum Gasteiger partial charge on any atom is -0.508 e. The predicted octanol–water partition coefficient (Wildman–Crippen LogP) is 2.79. The fourth-order valence-electron chi connectivity index (χ4n) is 1.30. The summed E-state index contributed by atoms with van der Waals surface area (Å²) in [6, 6.07) is 6.45. The molecule has 0 bridgehead atoms. The third-order valence-electron chi connectivity index (χ3n) is 2.10. The number of nitrogens with one attached hydrogen (secondary N) is 1. The molecule has 0 radical (unpaired) electrons. The van der Waals surface area contributed by atoms with Gasteiger partial charge in [0.05, 0.1) is 6.04 Å². The molecule has 1 unspecified atom stereocenters. The Hall–Kier alpha value is -1.84. The molecule has 0 aromatic heterocycles. The van der Waals surface area contributed by atoms with Crippen molar-refractivity contribution in [1.29, 1.82) is 0 Å². The summed E-state index contributed by atoms with van der Waals surface area (Å²) in [6.45, 7) is 8.94. The Kier molecular flexibility index (Phi) is 3.89. The quantitative estimate of drug-likeness (QED) is 0.793. The minimum atomic E-state index is -0.751. The van der Waals surface area contributed by atoms with E-state index in [1.807, 2.05) is 6.92 Å². The van der Waals surface area contributed by atoms with Gasteiger partial charge in [0.1, 0.15) is 12.7 Å². The largest absolute Gasteiger partial charge is 0.508 e. The van der Waals surface area contributed by atoms with Crippen molar-refractivity contribution in [2.75, 3.05) is 0 Å². The molecule has 0 saturated carbocycles. The molecular formula is C13H18NO3+. The van der Waals surface area contributed by atoms with E-state index < -0.39 is 11.7 Å². The van der Waals surface area contributed by atoms with Crippen LogP contribution in [0.3, 0.4) is 0 Å². The fourth-order valence-corrected chi connectivity index (χ4v) is 1.30. The van der Waals surface area contributed by atoms with Crippen molar-refractivity contribution in [2.45, 2.75) is 32.4 Å². The lowest BCUT2D eigenvalue weighted by atomic mass is 10.1. The van der Waals surface area contributed by atoms with Gasteiger partial charge in [-0.3, -0.25) is 0 Å². The Morgan fingerprint density at radius 2 is 1.94 bits per heavy atom. The van der Waals surface area contributed by atoms with E-state index in [9.17, 15) is 4.79 Å². The van der Waals surface area contributed by atoms with Crippen molar-refractivity contribution >= 4 is 6.09 Å². The Balaban J connectivity index is 2.57. The van der Waals surface area contributed by atoms with Crippen molar-refractivity contribution in [1.82, 2.24) is 5.32 Å². The summed E-state index contributed by atoms with van der Waals surface area (Å²) in [5.74, 6) is 0.197. The lowest BCUT2D eigenvalue weighted by Crippen LogP contribution is -2.34. The number of rotatable bonds is 3. The van der Waals surface area contributed by atoms with Crippen LogP contribution in [-0.2, 0) is 4.74 Å². The molecule has 92 valence electrons. The first-order valence-corrected chi connectivity index (χ1v) is 5.42. The zero-order chi connectivity index (χ0) is 13.1. The molecule has 0 spiro atoms. The molecule has 4 heteroatoms. The molecular weight excluding hydrogens is 218 g/mol. The maximum Gasteiger partial charge on any atom is 0.411 e. The molecule has 1 rings (SSSR count). The van der Waals surface area contributed by atoms with E-state index in [1.54, 1.807) is 38.1 Å². The molecule has 0 fully saturated rings. The van der Waals surface area contributed by atoms with Gasteiger partial charge >= 0.3 is 6.09 Å². The highest BCUT2D eigenvalue weighted by Crippen LogP contribution is 2.17. The van der Waals surface area contributed by atoms with E-state index in [-0.39, 0.29) is 11.8 Å². The molecule has 1 atom stereocenters. The summed E-state index contributed by atoms with van der Waals surface area (Å²) in [5.41, 5.74) is 0.139. The average Bonchev–Trinajstić information content (AvgIpc) is 2.15. The predicted molar refractivity (Wildman–Crippen MR) is 65.6 cm³/mol. The van der Waals surface area contributed by atoms with Gasteiger partial charge in [-0.1, -0.05) is 12.1 Å². The van der Waals surface area contributed by atoms with E-state index in [4.69, 9.17) is 9.84 Å². The number of benzene rings is 1. The van der Waals surface area contributed by atoms with E-state index >= 15 is 0 Å². The molecule has 0 heterocycles. The number of carbonyl (C=O) groups excluding carboxylic acids is 1. The molecule has 17 heavy (non-hydrogen) atoms. The van der Waals surface area contributed by atoms with Crippen LogP contribution in [-0.4, -0.2) is 16.8 Å². The molecule has 0 saturated heterocycles. The summed E-state index contributed by atoms with van der Waals surface area (Å²) in [4.78, 5) is 11.5. The first kappa shape index (κ1) is 13.2. The lowest BCUT2D eigenvalue weighted by Gasteiger charge is -2.18. The Morgan fingerprint density at radius 3 is 2.41 bits per heavy atom. The Morgan fingerprint density at radius 1 is 1.41 bits per heavy atom. The third-order valence-corrected chi connectivity index (χ3v) is 2.10. The molecule has 0 aliphatic rings. The second-order valence-electron chi connectivity index (χ2n) is 4.61. The first-order valence-electron chi connectivity index (χ1n) is 5.42. The molecule has 1 amide bonds. The molecule has 2 N–H and O–H groups in total. The number of hydrogen-bond acceptors (Lipinski definition) is 3. The summed E-state index contributed by atoms with van der Waals surface area (Å²) >= 11 is 0. The van der Waals surface area contributed by atoms with Crippen molar-refractivity contribution < 1.29 is 14.6 Å². The number of amides is 1. The Bertz CT molecular complexity index is 379. The van der Waals surface area contributed by atoms with Crippen LogP contribution >= 0.6 is 0 Å². The topological polar surface area (TPSA) is 58.6 Å². The average molecular weight is 236 g/mol. The van der Waals surface area contributed by atoms with E-state index in [1.165, 1.54) is 0 Å². The normalized spacial score (nSPS) is 12.9. The number of hydrogen-bond donors (Lipinski definition) is 2. The maximum atomic E-state index is 11.5. The van der Waals surface area contributed by atoms with Crippen LogP contribution < -0.4 is 5.32 Å². The van der Waals surface area contributed by atoms with E-state index in [0.29, 0.717) is 0 Å². The highest BCUT2D eigenvalue weighted by atomic mass is 16.6. The summed E-state index contributed by atoms with van der Waals surface area (Å²) < 4.78 is 5.04. The second-order valence-corrected chi connectivity index (χ2v) is 4.61. The van der Waals surface area contributed by atoms with Gasteiger partial charge in [-0.05, 0) is 24.6 Å². The highest BCUT2D eigenvalue weighted by molar-refractivity contribution is 5.68. The van der Waals surface area contributed by atoms with Crippen LogP contribution in [0.15, 0.2) is 24.3 Å². The van der Waals surface area contributed by atoms with Gasteiger partial charge < -0.3 is 15.2 Å². The summed E-state index contributed by atoms with van der Waals surface area (Å²) in [7, 11) is 0. The van der Waals surface area contributed by atoms with Gasteiger partial charge in [0.2, 0.25) is 5.60 Å². The smallest absolute Gasteiger partial charge is 0.411 e. The third kappa shape index (κ3) is 4.68. The number of phenols is 1. The van der Waals surface area contributed by atoms with Crippen molar-refractivity contribution in [3.63, 3.8) is 0 Å². The zero-order valence-electron chi connectivity index (χ0n) is 10.4. The zero-order valence-corrected chi connectivity index (χ0v) is 10.4. The van der Waals surface area contributed by atoms with Crippen LogP contribution in [0.5, 0.6) is 5.75 Å². The standard InChI is InChI=1S/C13H17NO3/c1-9(10-5-7-11(15)8-6-10)14-12(16)17-13(2,3)4/h5-9H,2H2,1,3-4H3,(H-,14,15,16)/p+1. The number of carbonyl (C=O) groups is 1. The van der Waals surface area contributed by atoms with Crippen molar-refractivity contribution in [2.24, 2.45) is 0 Å². The van der Waals surface area contributed by atoms with Crippen LogP contribution in [0.4, 0.5) is 4.79 Å². The second kappa shape index (κ2) is 4.99. The van der Waals surface area contributed by atoms with E-state index in [0.717, 1.165) is 5.56 Å². The lowest BCUT2D eigenvalue weighted by molar-refractivity contribution is 0.0681. The number of aromatic hydroxyl groups is 1. The van der Waals surface area contributed by atoms with Crippen molar-refractivity contribution in [3.8, 4) is 5.75 Å². The minimum absolute atomic E-state index is 0.189. The summed E-state index contributed by atoms with van der Waals surface area (Å²) in [5, 5.41) is 11.8. The first-order chi connectivity index (χ1) is 7.78. The molecule has 0 aliphatic carbocycles. The molecule has 4 nitrogen and oxygen atoms in total. The summed E-state index contributed by atoms with van der Waals surface area (Å²) in [6.07, 6.45) is -0.509. The van der Waals surface area contributed by atoms with Gasteiger partial charge in [0.25, 0.3) is 0 Å². The fraction of sp³-hybridized carbons (Fsp3) is 0.385. The number of alkyl carbamates (subject to hydrolysis) is 1. The molecule has 1 aromatic carbocycles. The van der Waals surface area contributed by atoms with Crippen LogP contribution in [0.1, 0.15) is 32.4 Å². The SMILES string of the molecule is [CH2+]C(C)(C)OC(=O)NC(C)c1ccc(O)cc1. The Labute approximate surface area is 102 Å². The monoisotopic (exact) mass is 236 g/mol. The molecule has 0 aliphatic heterocycles. The highest BCUT2D eigenvalue weighted by Gasteiger charge is 2.24. The van der Waals surface area contributed by atoms with Crippen LogP contribution in [0.25, 0.3) is 0 Å². The van der Waals surface area contributed by atoms with Gasteiger partial charge in [-0.15, -0.1) is 0 Å². The van der Waals surface area contributed by atoms with Gasteiger partial charge in [0.15, 0.2) is 0 Å². The van der Waals surface area contributed by atoms with Crippen molar-refractivity contribution in [3.05, 3.63) is 36.8 Å². The van der Waals surface area contributed by atoms with E-state index in [2.05, 4.69) is 12.2 Å². The van der Waals surface area contributed by atoms with Gasteiger partial charge in [-0.2, -0.15) is 0 Å². The van der Waals surface area contributed by atoms with Crippen LogP contribution in [0.2, 0.25) is 0 Å². The van der Waals surface area contributed by atoms with Gasteiger partial charge in [0, 0.05) is 13.8 Å². The number of phenolic OH excluding ortho intramolecular Hbond substituents is 1. The number of ether oxygens (including phenoxy) is 1. The molecule has 1 aromatic rings. The van der Waals surface area contributed by atoms with Gasteiger partial charge in [-0.25, -0.2) is 4.79 Å². The maximum absolute atomic E-state index is 11.5.